The van der Waals surface area contributed by atoms with Crippen molar-refractivity contribution >= 4 is 0 Å². The first-order valence-electron chi connectivity index (χ1n) is 5.51. The maximum atomic E-state index is 5.56. The fourth-order valence-corrected chi connectivity index (χ4v) is 1.86. The lowest BCUT2D eigenvalue weighted by atomic mass is 9.94. The van der Waals surface area contributed by atoms with Crippen LogP contribution in [0.4, 0.5) is 0 Å². The van der Waals surface area contributed by atoms with Gasteiger partial charge in [-0.2, -0.15) is 0 Å². The molecule has 0 aliphatic heterocycles. The maximum Gasteiger partial charge on any atom is 0.122 e. The molecule has 1 atom stereocenters. The summed E-state index contributed by atoms with van der Waals surface area (Å²) < 4.78 is 5.37. The van der Waals surface area contributed by atoms with Gasteiger partial charge in [0.2, 0.25) is 0 Å². The van der Waals surface area contributed by atoms with E-state index in [0.29, 0.717) is 5.92 Å². The van der Waals surface area contributed by atoms with Crippen LogP contribution >= 0.6 is 0 Å². The van der Waals surface area contributed by atoms with Gasteiger partial charge in [0.15, 0.2) is 0 Å². The van der Waals surface area contributed by atoms with E-state index in [2.05, 4.69) is 19.9 Å². The number of rotatable bonds is 5. The second-order valence-electron chi connectivity index (χ2n) is 4.14. The van der Waals surface area contributed by atoms with Gasteiger partial charge in [-0.1, -0.05) is 19.1 Å². The molecule has 0 fully saturated rings. The Labute approximate surface area is 92.4 Å². The zero-order chi connectivity index (χ0) is 11.3. The van der Waals surface area contributed by atoms with E-state index in [1.165, 1.54) is 11.1 Å². The summed E-state index contributed by atoms with van der Waals surface area (Å²) in [6.07, 6.45) is 2.12. The molecule has 0 saturated heterocycles. The zero-order valence-corrected chi connectivity index (χ0v) is 9.92. The van der Waals surface area contributed by atoms with Crippen LogP contribution in [0.5, 0.6) is 5.75 Å². The van der Waals surface area contributed by atoms with E-state index in [0.717, 1.165) is 25.1 Å². The Balaban J connectivity index is 2.82. The number of nitrogens with two attached hydrogens (primary N) is 1. The van der Waals surface area contributed by atoms with Gasteiger partial charge in [0.25, 0.3) is 0 Å². The molecule has 84 valence electrons. The van der Waals surface area contributed by atoms with E-state index in [1.807, 2.05) is 12.1 Å². The van der Waals surface area contributed by atoms with Gasteiger partial charge in [0.05, 0.1) is 7.11 Å². The van der Waals surface area contributed by atoms with Crippen LogP contribution in [0.1, 0.15) is 24.5 Å². The maximum absolute atomic E-state index is 5.56. The molecule has 2 N–H and O–H groups in total. The third kappa shape index (κ3) is 3.24. The normalized spacial score (nSPS) is 12.5. The van der Waals surface area contributed by atoms with Gasteiger partial charge in [-0.25, -0.2) is 0 Å². The van der Waals surface area contributed by atoms with Gasteiger partial charge >= 0.3 is 0 Å². The summed E-state index contributed by atoms with van der Waals surface area (Å²) in [5.74, 6) is 1.61. The van der Waals surface area contributed by atoms with Crippen molar-refractivity contribution in [3.8, 4) is 5.75 Å². The highest BCUT2D eigenvalue weighted by Crippen LogP contribution is 2.25. The Morgan fingerprint density at radius 3 is 2.73 bits per heavy atom. The number of methoxy groups -OCH3 is 1. The first-order valence-corrected chi connectivity index (χ1v) is 5.51. The van der Waals surface area contributed by atoms with Gasteiger partial charge in [0, 0.05) is 0 Å². The van der Waals surface area contributed by atoms with E-state index in [-0.39, 0.29) is 0 Å². The number of hydrogen-bond acceptors (Lipinski definition) is 2. The molecule has 0 aliphatic rings. The molecule has 1 aromatic rings. The first-order chi connectivity index (χ1) is 7.19. The fourth-order valence-electron chi connectivity index (χ4n) is 1.86. The van der Waals surface area contributed by atoms with Crippen molar-refractivity contribution in [3.05, 3.63) is 29.3 Å². The summed E-state index contributed by atoms with van der Waals surface area (Å²) in [6, 6.07) is 6.19. The van der Waals surface area contributed by atoms with Crippen molar-refractivity contribution in [1.29, 1.82) is 0 Å². The smallest absolute Gasteiger partial charge is 0.122 e. The molecule has 0 radical (unpaired) electrons. The lowest BCUT2D eigenvalue weighted by Gasteiger charge is -2.15. The van der Waals surface area contributed by atoms with Crippen LogP contribution in [0.15, 0.2) is 18.2 Å². The molecule has 0 aromatic heterocycles. The topological polar surface area (TPSA) is 35.2 Å². The quantitative estimate of drug-likeness (QED) is 0.805. The molecule has 0 aliphatic carbocycles. The number of aryl methyl sites for hydroxylation is 1. The van der Waals surface area contributed by atoms with Gasteiger partial charge in [-0.3, -0.25) is 0 Å². The standard InChI is InChI=1S/C13H21NO/c1-10(7-8-14)9-12-11(2)5-4-6-13(12)15-3/h4-6,10H,7-9,14H2,1-3H3. The van der Waals surface area contributed by atoms with Crippen LogP contribution in [0.3, 0.4) is 0 Å². The van der Waals surface area contributed by atoms with Crippen LogP contribution < -0.4 is 10.5 Å². The van der Waals surface area contributed by atoms with Crippen LogP contribution in [-0.2, 0) is 6.42 Å². The van der Waals surface area contributed by atoms with Gasteiger partial charge in [-0.05, 0) is 49.4 Å². The summed E-state index contributed by atoms with van der Waals surface area (Å²) in [7, 11) is 1.73. The van der Waals surface area contributed by atoms with E-state index in [1.54, 1.807) is 7.11 Å². The zero-order valence-electron chi connectivity index (χ0n) is 9.92. The molecule has 0 saturated carbocycles. The predicted octanol–water partition coefficient (Wildman–Crippen LogP) is 2.53. The average Bonchev–Trinajstić information content (AvgIpc) is 2.21. The SMILES string of the molecule is COc1cccc(C)c1CC(C)CCN. The highest BCUT2D eigenvalue weighted by Gasteiger charge is 2.09. The minimum atomic E-state index is 0.616. The molecular formula is C13H21NO. The Bertz CT molecular complexity index is 309. The second kappa shape index (κ2) is 5.76. The molecule has 2 nitrogen and oxygen atoms in total. The van der Waals surface area contributed by atoms with Crippen molar-refractivity contribution in [2.75, 3.05) is 13.7 Å². The average molecular weight is 207 g/mol. The number of ether oxygens (including phenoxy) is 1. The summed E-state index contributed by atoms with van der Waals surface area (Å²) in [5, 5.41) is 0. The van der Waals surface area contributed by atoms with Gasteiger partial charge in [0.1, 0.15) is 5.75 Å². The molecule has 2 heteroatoms. The lowest BCUT2D eigenvalue weighted by molar-refractivity contribution is 0.403. The number of hydrogen-bond donors (Lipinski definition) is 1. The Kier molecular flexibility index (Phi) is 4.63. The fraction of sp³-hybridized carbons (Fsp3) is 0.538. The van der Waals surface area contributed by atoms with Crippen molar-refractivity contribution in [3.63, 3.8) is 0 Å². The van der Waals surface area contributed by atoms with E-state index in [9.17, 15) is 0 Å². The molecule has 1 aromatic carbocycles. The third-order valence-corrected chi connectivity index (χ3v) is 2.80. The highest BCUT2D eigenvalue weighted by atomic mass is 16.5. The second-order valence-corrected chi connectivity index (χ2v) is 4.14. The van der Waals surface area contributed by atoms with Gasteiger partial charge in [-0.15, -0.1) is 0 Å². The summed E-state index contributed by atoms with van der Waals surface area (Å²) in [5.41, 5.74) is 8.18. The molecule has 0 bridgehead atoms. The minimum Gasteiger partial charge on any atom is -0.496 e. The number of benzene rings is 1. The molecule has 0 amide bonds. The summed E-state index contributed by atoms with van der Waals surface area (Å²) in [6.45, 7) is 5.13. The van der Waals surface area contributed by atoms with Gasteiger partial charge < -0.3 is 10.5 Å². The lowest BCUT2D eigenvalue weighted by Crippen LogP contribution is -2.09. The van der Waals surface area contributed by atoms with Crippen molar-refractivity contribution in [2.24, 2.45) is 11.7 Å². The third-order valence-electron chi connectivity index (χ3n) is 2.80. The van der Waals surface area contributed by atoms with Crippen LogP contribution in [-0.4, -0.2) is 13.7 Å². The van der Waals surface area contributed by atoms with Crippen LogP contribution in [0.25, 0.3) is 0 Å². The highest BCUT2D eigenvalue weighted by molar-refractivity contribution is 5.39. The van der Waals surface area contributed by atoms with E-state index in [4.69, 9.17) is 10.5 Å². The van der Waals surface area contributed by atoms with E-state index < -0.39 is 0 Å². The van der Waals surface area contributed by atoms with Crippen LogP contribution in [0, 0.1) is 12.8 Å². The Hall–Kier alpha value is -1.02. The summed E-state index contributed by atoms with van der Waals surface area (Å²) in [4.78, 5) is 0. The van der Waals surface area contributed by atoms with Crippen molar-refractivity contribution in [1.82, 2.24) is 0 Å². The monoisotopic (exact) mass is 207 g/mol. The molecule has 0 spiro atoms. The van der Waals surface area contributed by atoms with Crippen LogP contribution in [0.2, 0.25) is 0 Å². The largest absolute Gasteiger partial charge is 0.496 e. The van der Waals surface area contributed by atoms with Crippen molar-refractivity contribution < 1.29 is 4.74 Å². The minimum absolute atomic E-state index is 0.616. The Morgan fingerprint density at radius 1 is 1.40 bits per heavy atom. The predicted molar refractivity (Wildman–Crippen MR) is 64.3 cm³/mol. The summed E-state index contributed by atoms with van der Waals surface area (Å²) >= 11 is 0. The molecule has 15 heavy (non-hydrogen) atoms. The molecule has 0 heterocycles. The van der Waals surface area contributed by atoms with E-state index >= 15 is 0 Å². The van der Waals surface area contributed by atoms with Crippen molar-refractivity contribution in [2.45, 2.75) is 26.7 Å². The molecule has 1 unspecified atom stereocenters. The molecule has 1 rings (SSSR count). The first kappa shape index (κ1) is 12.1. The molecular weight excluding hydrogens is 186 g/mol. The Morgan fingerprint density at radius 2 is 2.13 bits per heavy atom.